The topological polar surface area (TPSA) is 29.5 Å². The predicted octanol–water partition coefficient (Wildman–Crippen LogP) is 2.77. The van der Waals surface area contributed by atoms with E-state index in [1.165, 1.54) is 0 Å². The fourth-order valence-corrected chi connectivity index (χ4v) is 2.49. The highest BCUT2D eigenvalue weighted by atomic mass is 35.5. The van der Waals surface area contributed by atoms with Gasteiger partial charge >= 0.3 is 0 Å². The molecule has 0 amide bonds. The van der Waals surface area contributed by atoms with Crippen molar-refractivity contribution >= 4 is 23.6 Å². The Morgan fingerprint density at radius 1 is 1.41 bits per heavy atom. The van der Waals surface area contributed by atoms with Gasteiger partial charge in [0.05, 0.1) is 16.8 Å². The molecule has 0 N–H and O–H groups in total. The Morgan fingerprint density at radius 3 is 2.65 bits per heavy atom. The van der Waals surface area contributed by atoms with Gasteiger partial charge in [-0.3, -0.25) is 4.79 Å². The lowest BCUT2D eigenvalue weighted by atomic mass is 10.1. The Balaban J connectivity index is 2.10. The fraction of sp³-hybridized carbons (Fsp3) is 0.462. The molecule has 1 aromatic carbocycles. The van der Waals surface area contributed by atoms with E-state index < -0.39 is 0 Å². The van der Waals surface area contributed by atoms with Crippen LogP contribution >= 0.6 is 11.6 Å². The van der Waals surface area contributed by atoms with Crippen molar-refractivity contribution in [2.75, 3.05) is 25.1 Å². The maximum atomic E-state index is 10.6. The lowest BCUT2D eigenvalue weighted by molar-refractivity contribution is 0.0819. The second-order valence-electron chi connectivity index (χ2n) is 4.25. The summed E-state index contributed by atoms with van der Waals surface area (Å²) in [6, 6.07) is 5.43. The van der Waals surface area contributed by atoms with Crippen molar-refractivity contribution in [1.29, 1.82) is 0 Å². The monoisotopic (exact) mass is 253 g/mol. The normalized spacial score (nSPS) is 17.2. The highest BCUT2D eigenvalue weighted by Gasteiger charge is 2.20. The molecule has 0 aromatic heterocycles. The molecule has 1 saturated heterocycles. The molecule has 1 fully saturated rings. The van der Waals surface area contributed by atoms with Crippen LogP contribution in [-0.4, -0.2) is 32.6 Å². The summed E-state index contributed by atoms with van der Waals surface area (Å²) in [4.78, 5) is 12.9. The summed E-state index contributed by atoms with van der Waals surface area (Å²) in [6.45, 7) is 1.89. The summed E-state index contributed by atoms with van der Waals surface area (Å²) in [5.74, 6) is 0. The minimum absolute atomic E-state index is 0.360. The second-order valence-corrected chi connectivity index (χ2v) is 4.66. The van der Waals surface area contributed by atoms with E-state index >= 15 is 0 Å². The first-order valence-electron chi connectivity index (χ1n) is 5.77. The van der Waals surface area contributed by atoms with E-state index in [0.29, 0.717) is 16.7 Å². The number of hydrogen-bond acceptors (Lipinski definition) is 3. The van der Waals surface area contributed by atoms with Crippen molar-refractivity contribution in [1.82, 2.24) is 0 Å². The summed E-state index contributed by atoms with van der Waals surface area (Å²) in [5, 5.41) is 0.644. The molecule has 0 saturated carbocycles. The van der Waals surface area contributed by atoms with E-state index in [2.05, 4.69) is 4.90 Å². The van der Waals surface area contributed by atoms with Crippen LogP contribution < -0.4 is 4.90 Å². The van der Waals surface area contributed by atoms with Crippen LogP contribution in [0.5, 0.6) is 0 Å². The van der Waals surface area contributed by atoms with E-state index in [4.69, 9.17) is 16.3 Å². The average Bonchev–Trinajstić information content (AvgIpc) is 2.39. The molecule has 1 aliphatic heterocycles. The molecule has 0 spiro atoms. The molecular formula is C13H16ClNO2. The summed E-state index contributed by atoms with van der Waals surface area (Å²) in [5.41, 5.74) is 1.62. The van der Waals surface area contributed by atoms with Crippen molar-refractivity contribution in [2.45, 2.75) is 18.9 Å². The Hall–Kier alpha value is -1.06. The lowest BCUT2D eigenvalue weighted by Gasteiger charge is -2.33. The van der Waals surface area contributed by atoms with Crippen molar-refractivity contribution in [2.24, 2.45) is 0 Å². The van der Waals surface area contributed by atoms with Gasteiger partial charge in [0.1, 0.15) is 6.29 Å². The zero-order valence-electron chi connectivity index (χ0n) is 9.86. The number of rotatable bonds is 3. The number of methoxy groups -OCH3 is 1. The Labute approximate surface area is 106 Å². The van der Waals surface area contributed by atoms with Gasteiger partial charge in [-0.1, -0.05) is 11.6 Å². The van der Waals surface area contributed by atoms with Gasteiger partial charge in [0.2, 0.25) is 0 Å². The minimum Gasteiger partial charge on any atom is -0.381 e. The number of ether oxygens (including phenoxy) is 1. The maximum absolute atomic E-state index is 10.6. The average molecular weight is 254 g/mol. The van der Waals surface area contributed by atoms with Crippen LogP contribution in [0, 0.1) is 0 Å². The largest absolute Gasteiger partial charge is 0.381 e. The fourth-order valence-electron chi connectivity index (χ4n) is 2.19. The molecule has 0 atom stereocenters. The number of halogens is 1. The highest BCUT2D eigenvalue weighted by molar-refractivity contribution is 6.33. The number of aldehydes is 1. The molecule has 2 rings (SSSR count). The van der Waals surface area contributed by atoms with E-state index in [9.17, 15) is 4.79 Å². The Bertz CT molecular complexity index is 400. The van der Waals surface area contributed by atoms with Gasteiger partial charge in [-0.25, -0.2) is 0 Å². The SMILES string of the molecule is COC1CCN(c2ccc(C=O)cc2Cl)CC1. The van der Waals surface area contributed by atoms with Crippen molar-refractivity contribution in [3.8, 4) is 0 Å². The number of hydrogen-bond donors (Lipinski definition) is 0. The molecule has 3 nitrogen and oxygen atoms in total. The molecular weight excluding hydrogens is 238 g/mol. The smallest absolute Gasteiger partial charge is 0.150 e. The number of nitrogens with zero attached hydrogens (tertiary/aromatic N) is 1. The van der Waals surface area contributed by atoms with Crippen molar-refractivity contribution < 1.29 is 9.53 Å². The van der Waals surface area contributed by atoms with E-state index in [0.717, 1.165) is 37.9 Å². The number of anilines is 1. The minimum atomic E-state index is 0.360. The molecule has 0 bridgehead atoms. The first-order chi connectivity index (χ1) is 8.24. The standard InChI is InChI=1S/C13H16ClNO2/c1-17-11-4-6-15(7-5-11)13-3-2-10(9-16)8-12(13)14/h2-3,8-9,11H,4-7H2,1H3. The molecule has 92 valence electrons. The van der Waals surface area contributed by atoms with Crippen molar-refractivity contribution in [3.05, 3.63) is 28.8 Å². The third kappa shape index (κ3) is 2.79. The predicted molar refractivity (Wildman–Crippen MR) is 69.1 cm³/mol. The summed E-state index contributed by atoms with van der Waals surface area (Å²) in [7, 11) is 1.76. The summed E-state index contributed by atoms with van der Waals surface area (Å²) >= 11 is 6.18. The molecule has 0 radical (unpaired) electrons. The Morgan fingerprint density at radius 2 is 2.12 bits per heavy atom. The molecule has 0 aliphatic carbocycles. The Kier molecular flexibility index (Phi) is 4.02. The third-order valence-electron chi connectivity index (χ3n) is 3.22. The quantitative estimate of drug-likeness (QED) is 0.776. The van der Waals surface area contributed by atoms with Crippen LogP contribution in [0.3, 0.4) is 0 Å². The third-order valence-corrected chi connectivity index (χ3v) is 3.53. The van der Waals surface area contributed by atoms with Gasteiger partial charge in [0.25, 0.3) is 0 Å². The van der Waals surface area contributed by atoms with Crippen LogP contribution in [0.25, 0.3) is 0 Å². The molecule has 0 unspecified atom stereocenters. The molecule has 1 aromatic rings. The van der Waals surface area contributed by atoms with Crippen LogP contribution in [0.2, 0.25) is 5.02 Å². The highest BCUT2D eigenvalue weighted by Crippen LogP contribution is 2.29. The first-order valence-corrected chi connectivity index (χ1v) is 6.15. The second kappa shape index (κ2) is 5.52. The van der Waals surface area contributed by atoms with Crippen LogP contribution in [0.15, 0.2) is 18.2 Å². The van der Waals surface area contributed by atoms with Gasteiger partial charge in [-0.2, -0.15) is 0 Å². The molecule has 1 heterocycles. The molecule has 4 heteroatoms. The van der Waals surface area contributed by atoms with Gasteiger partial charge in [0.15, 0.2) is 0 Å². The molecule has 17 heavy (non-hydrogen) atoms. The molecule has 1 aliphatic rings. The number of carbonyl (C=O) groups is 1. The van der Waals surface area contributed by atoms with Gasteiger partial charge < -0.3 is 9.64 Å². The first kappa shape index (κ1) is 12.4. The number of carbonyl (C=O) groups excluding carboxylic acids is 1. The summed E-state index contributed by atoms with van der Waals surface area (Å²) < 4.78 is 5.34. The summed E-state index contributed by atoms with van der Waals surface area (Å²) in [6.07, 6.45) is 3.21. The van der Waals surface area contributed by atoms with Gasteiger partial charge in [0, 0.05) is 25.8 Å². The van der Waals surface area contributed by atoms with E-state index in [1.807, 2.05) is 6.07 Å². The zero-order valence-corrected chi connectivity index (χ0v) is 10.6. The number of benzene rings is 1. The lowest BCUT2D eigenvalue weighted by Crippen LogP contribution is -2.36. The van der Waals surface area contributed by atoms with Gasteiger partial charge in [-0.15, -0.1) is 0 Å². The van der Waals surface area contributed by atoms with E-state index in [-0.39, 0.29) is 0 Å². The zero-order chi connectivity index (χ0) is 12.3. The maximum Gasteiger partial charge on any atom is 0.150 e. The van der Waals surface area contributed by atoms with Crippen LogP contribution in [0.4, 0.5) is 5.69 Å². The van der Waals surface area contributed by atoms with Crippen molar-refractivity contribution in [3.63, 3.8) is 0 Å². The number of piperidine rings is 1. The van der Waals surface area contributed by atoms with Crippen LogP contribution in [-0.2, 0) is 4.74 Å². The van der Waals surface area contributed by atoms with E-state index in [1.54, 1.807) is 19.2 Å². The van der Waals surface area contributed by atoms with Gasteiger partial charge in [-0.05, 0) is 31.0 Å². The van der Waals surface area contributed by atoms with Crippen LogP contribution in [0.1, 0.15) is 23.2 Å².